The monoisotopic (exact) mass is 265 g/mol. The van der Waals surface area contributed by atoms with E-state index in [1.807, 2.05) is 6.07 Å². The van der Waals surface area contributed by atoms with E-state index in [1.54, 1.807) is 0 Å². The van der Waals surface area contributed by atoms with Gasteiger partial charge in [-0.1, -0.05) is 24.6 Å². The van der Waals surface area contributed by atoms with E-state index in [0.717, 1.165) is 25.4 Å². The summed E-state index contributed by atoms with van der Waals surface area (Å²) in [5, 5.41) is 3.96. The maximum atomic E-state index is 6.29. The molecule has 0 aromatic heterocycles. The standard InChI is InChI=1S/C15H20ClNO/c16-14-6-3-4-11(14)8-17-9-12-10-18-15-7-2-1-5-13(12)15/h1-2,5,7,11-12,14,17H,3-4,6,8-10H2. The summed E-state index contributed by atoms with van der Waals surface area (Å²) in [4.78, 5) is 0. The Balaban J connectivity index is 1.50. The zero-order chi connectivity index (χ0) is 12.4. The number of alkyl halides is 1. The van der Waals surface area contributed by atoms with E-state index in [0.29, 0.717) is 17.2 Å². The molecule has 0 bridgehead atoms. The minimum atomic E-state index is 0.379. The van der Waals surface area contributed by atoms with Gasteiger partial charge in [0.25, 0.3) is 0 Å². The second-order valence-electron chi connectivity index (χ2n) is 5.41. The molecule has 3 rings (SSSR count). The highest BCUT2D eigenvalue weighted by Gasteiger charge is 2.26. The lowest BCUT2D eigenvalue weighted by Gasteiger charge is -2.16. The van der Waals surface area contributed by atoms with E-state index in [4.69, 9.17) is 16.3 Å². The maximum absolute atomic E-state index is 6.29. The first kappa shape index (κ1) is 12.3. The number of fused-ring (bicyclic) bond motifs is 1. The summed E-state index contributed by atoms with van der Waals surface area (Å²) in [6, 6.07) is 8.35. The molecule has 2 nitrogen and oxygen atoms in total. The fraction of sp³-hybridized carbons (Fsp3) is 0.600. The van der Waals surface area contributed by atoms with Crippen molar-refractivity contribution in [1.82, 2.24) is 5.32 Å². The molecule has 3 heteroatoms. The SMILES string of the molecule is ClC1CCCC1CNCC1COc2ccccc21. The number of benzene rings is 1. The average Bonchev–Trinajstić information content (AvgIpc) is 2.97. The first-order valence-electron chi connectivity index (χ1n) is 6.91. The molecule has 98 valence electrons. The number of halogens is 1. The van der Waals surface area contributed by atoms with E-state index in [9.17, 15) is 0 Å². The second-order valence-corrected chi connectivity index (χ2v) is 5.97. The third-order valence-corrected chi connectivity index (χ3v) is 4.74. The van der Waals surface area contributed by atoms with Crippen LogP contribution in [0.1, 0.15) is 30.7 Å². The first-order valence-corrected chi connectivity index (χ1v) is 7.35. The van der Waals surface area contributed by atoms with Gasteiger partial charge in [-0.05, 0) is 31.4 Å². The first-order chi connectivity index (χ1) is 8.84. The van der Waals surface area contributed by atoms with Crippen molar-refractivity contribution in [2.24, 2.45) is 5.92 Å². The van der Waals surface area contributed by atoms with E-state index in [1.165, 1.54) is 24.8 Å². The van der Waals surface area contributed by atoms with Crippen molar-refractivity contribution in [3.05, 3.63) is 29.8 Å². The van der Waals surface area contributed by atoms with Crippen molar-refractivity contribution in [1.29, 1.82) is 0 Å². The third-order valence-electron chi connectivity index (χ3n) is 4.16. The molecule has 1 saturated carbocycles. The molecule has 1 aromatic carbocycles. The quantitative estimate of drug-likeness (QED) is 0.845. The Morgan fingerprint density at radius 3 is 2.94 bits per heavy atom. The van der Waals surface area contributed by atoms with Crippen LogP contribution < -0.4 is 10.1 Å². The zero-order valence-corrected chi connectivity index (χ0v) is 11.3. The highest BCUT2D eigenvalue weighted by Crippen LogP contribution is 2.33. The number of para-hydroxylation sites is 1. The topological polar surface area (TPSA) is 21.3 Å². The Morgan fingerprint density at radius 1 is 1.22 bits per heavy atom. The molecule has 3 atom stereocenters. The molecule has 18 heavy (non-hydrogen) atoms. The molecule has 1 aliphatic carbocycles. The Hall–Kier alpha value is -0.730. The van der Waals surface area contributed by atoms with Crippen LogP contribution in [0.25, 0.3) is 0 Å². The smallest absolute Gasteiger partial charge is 0.122 e. The van der Waals surface area contributed by atoms with Gasteiger partial charge in [0.1, 0.15) is 5.75 Å². The molecule has 2 aliphatic rings. The fourth-order valence-corrected chi connectivity index (χ4v) is 3.43. The predicted octanol–water partition coefficient (Wildman–Crippen LogP) is 3.16. The Morgan fingerprint density at radius 2 is 2.11 bits per heavy atom. The number of ether oxygens (including phenoxy) is 1. The normalized spacial score (nSPS) is 30.2. The van der Waals surface area contributed by atoms with Crippen LogP contribution >= 0.6 is 11.6 Å². The van der Waals surface area contributed by atoms with Crippen LogP contribution in [0.15, 0.2) is 24.3 Å². The van der Waals surface area contributed by atoms with Gasteiger partial charge in [0.2, 0.25) is 0 Å². The van der Waals surface area contributed by atoms with Gasteiger partial charge in [0.05, 0.1) is 6.61 Å². The molecule has 0 saturated heterocycles. The van der Waals surface area contributed by atoms with Crippen LogP contribution in [0.4, 0.5) is 0 Å². The molecule has 1 heterocycles. The molecular formula is C15H20ClNO. The van der Waals surface area contributed by atoms with Crippen molar-refractivity contribution in [2.75, 3.05) is 19.7 Å². The van der Waals surface area contributed by atoms with Gasteiger partial charge in [-0.25, -0.2) is 0 Å². The number of hydrogen-bond donors (Lipinski definition) is 1. The predicted molar refractivity (Wildman–Crippen MR) is 74.5 cm³/mol. The number of nitrogens with one attached hydrogen (secondary N) is 1. The molecule has 1 aromatic rings. The van der Waals surface area contributed by atoms with E-state index >= 15 is 0 Å². The van der Waals surface area contributed by atoms with Crippen molar-refractivity contribution in [3.63, 3.8) is 0 Å². The Labute approximate surface area is 114 Å². The minimum absolute atomic E-state index is 0.379. The molecular weight excluding hydrogens is 246 g/mol. The number of hydrogen-bond acceptors (Lipinski definition) is 2. The summed E-state index contributed by atoms with van der Waals surface area (Å²) >= 11 is 6.29. The van der Waals surface area contributed by atoms with E-state index in [2.05, 4.69) is 23.5 Å². The molecule has 0 radical (unpaired) electrons. The Kier molecular flexibility index (Phi) is 3.76. The van der Waals surface area contributed by atoms with Crippen molar-refractivity contribution in [2.45, 2.75) is 30.6 Å². The van der Waals surface area contributed by atoms with Gasteiger partial charge in [-0.3, -0.25) is 0 Å². The van der Waals surface area contributed by atoms with Gasteiger partial charge in [0.15, 0.2) is 0 Å². The molecule has 1 N–H and O–H groups in total. The van der Waals surface area contributed by atoms with Crippen LogP contribution in [0, 0.1) is 5.92 Å². The lowest BCUT2D eigenvalue weighted by atomic mass is 10.0. The largest absolute Gasteiger partial charge is 0.493 e. The summed E-state index contributed by atoms with van der Waals surface area (Å²) in [6.07, 6.45) is 3.75. The van der Waals surface area contributed by atoms with Crippen LogP contribution in [-0.2, 0) is 0 Å². The third kappa shape index (κ3) is 2.50. The van der Waals surface area contributed by atoms with Crippen molar-refractivity contribution in [3.8, 4) is 5.75 Å². The summed E-state index contributed by atoms with van der Waals surface area (Å²) in [6.45, 7) is 2.85. The highest BCUT2D eigenvalue weighted by molar-refractivity contribution is 6.20. The van der Waals surface area contributed by atoms with Gasteiger partial charge in [-0.2, -0.15) is 0 Å². The Bertz CT molecular complexity index is 409. The zero-order valence-electron chi connectivity index (χ0n) is 10.6. The van der Waals surface area contributed by atoms with Crippen LogP contribution in [0.2, 0.25) is 0 Å². The molecule has 0 amide bonds. The summed E-state index contributed by atoms with van der Waals surface area (Å²) < 4.78 is 5.69. The second kappa shape index (κ2) is 5.50. The maximum Gasteiger partial charge on any atom is 0.122 e. The lowest BCUT2D eigenvalue weighted by Crippen LogP contribution is -2.29. The fourth-order valence-electron chi connectivity index (χ4n) is 3.06. The van der Waals surface area contributed by atoms with Gasteiger partial charge < -0.3 is 10.1 Å². The number of rotatable bonds is 4. The molecule has 1 aliphatic heterocycles. The van der Waals surface area contributed by atoms with Crippen LogP contribution in [0.3, 0.4) is 0 Å². The summed E-state index contributed by atoms with van der Waals surface area (Å²) in [5.41, 5.74) is 1.35. The van der Waals surface area contributed by atoms with Crippen molar-refractivity contribution >= 4 is 11.6 Å². The highest BCUT2D eigenvalue weighted by atomic mass is 35.5. The van der Waals surface area contributed by atoms with Gasteiger partial charge in [0, 0.05) is 23.4 Å². The minimum Gasteiger partial charge on any atom is -0.493 e. The molecule has 3 unspecified atom stereocenters. The molecule has 0 spiro atoms. The van der Waals surface area contributed by atoms with E-state index < -0.39 is 0 Å². The van der Waals surface area contributed by atoms with Gasteiger partial charge in [-0.15, -0.1) is 11.6 Å². The van der Waals surface area contributed by atoms with Crippen molar-refractivity contribution < 1.29 is 4.74 Å². The van der Waals surface area contributed by atoms with Crippen LogP contribution in [-0.4, -0.2) is 25.1 Å². The average molecular weight is 266 g/mol. The summed E-state index contributed by atoms with van der Waals surface area (Å²) in [5.74, 6) is 2.21. The van der Waals surface area contributed by atoms with E-state index in [-0.39, 0.29) is 0 Å². The van der Waals surface area contributed by atoms with Crippen LogP contribution in [0.5, 0.6) is 5.75 Å². The summed E-state index contributed by atoms with van der Waals surface area (Å²) in [7, 11) is 0. The lowest BCUT2D eigenvalue weighted by molar-refractivity contribution is 0.324. The molecule has 1 fully saturated rings. The van der Waals surface area contributed by atoms with Gasteiger partial charge >= 0.3 is 0 Å².